The highest BCUT2D eigenvalue weighted by atomic mass is 16.5. The average molecular weight is 1190 g/mol. The van der Waals surface area contributed by atoms with Crippen LogP contribution in [0.15, 0.2) is 42.9 Å². The molecule has 1 aliphatic rings. The van der Waals surface area contributed by atoms with E-state index in [4.69, 9.17) is 9.47 Å². The monoisotopic (exact) mass is 1190 g/mol. The number of hydrogen-bond donors (Lipinski definition) is 15. The van der Waals surface area contributed by atoms with Crippen LogP contribution in [0.25, 0.3) is 0 Å². The SMILES string of the molecule is C[C@H](NC(=O)[C@H](CC(=O)O)NC(=O)COCCOCCNC(=O)CN1CCN(CC(=O)O)CCN(CC(=O)O)CCN(CC(=O)O)CC1)C(=O)N[C@@H](Cc1c[nH]cn1)C(=O)N[C@@H](CO)C(=O)N[C@@H](Cc1ccccc1)C(=O)N[C@@H](CO)C(=O)O. The molecule has 1 aromatic carbocycles. The quantitative estimate of drug-likeness (QED) is 0.0282. The van der Waals surface area contributed by atoms with Crippen molar-refractivity contribution in [1.82, 2.24) is 66.8 Å². The zero-order valence-corrected chi connectivity index (χ0v) is 46.1. The molecule has 2 aromatic rings. The molecular weight excluding hydrogens is 1120 g/mol. The number of aliphatic hydroxyl groups excluding tert-OH is 2. The molecule has 0 bridgehead atoms. The van der Waals surface area contributed by atoms with Crippen LogP contribution in [-0.2, 0) is 79.8 Å². The predicted molar refractivity (Wildman–Crippen MR) is 287 cm³/mol. The van der Waals surface area contributed by atoms with Crippen molar-refractivity contribution in [3.8, 4) is 0 Å². The van der Waals surface area contributed by atoms with Crippen LogP contribution in [-0.4, -0.2) is 297 Å². The summed E-state index contributed by atoms with van der Waals surface area (Å²) in [4.78, 5) is 164. The molecular formula is C50H75N13O21. The third kappa shape index (κ3) is 28.2. The number of carbonyl (C=O) groups excluding carboxylic acids is 7. The summed E-state index contributed by atoms with van der Waals surface area (Å²) < 4.78 is 10.8. The Bertz CT molecular complexity index is 2460. The largest absolute Gasteiger partial charge is 0.481 e. The fourth-order valence-corrected chi connectivity index (χ4v) is 8.06. The van der Waals surface area contributed by atoms with Crippen LogP contribution in [0.4, 0.5) is 0 Å². The number of ether oxygens (including phenoxy) is 2. The zero-order valence-electron chi connectivity index (χ0n) is 46.1. The van der Waals surface area contributed by atoms with Gasteiger partial charge in [-0.05, 0) is 12.5 Å². The van der Waals surface area contributed by atoms with Crippen molar-refractivity contribution in [3.63, 3.8) is 0 Å². The number of nitrogens with one attached hydrogen (secondary N) is 8. The molecule has 34 nitrogen and oxygen atoms in total. The Kier molecular flexibility index (Phi) is 31.5. The van der Waals surface area contributed by atoms with Gasteiger partial charge in [-0.15, -0.1) is 0 Å². The lowest BCUT2D eigenvalue weighted by molar-refractivity contribution is -0.143. The third-order valence-corrected chi connectivity index (χ3v) is 12.5. The minimum Gasteiger partial charge on any atom is -0.481 e. The Morgan fingerprint density at radius 3 is 1.48 bits per heavy atom. The van der Waals surface area contributed by atoms with E-state index in [0.29, 0.717) is 5.56 Å². The first-order valence-corrected chi connectivity index (χ1v) is 26.4. The molecule has 1 saturated heterocycles. The van der Waals surface area contributed by atoms with Gasteiger partial charge < -0.3 is 87.4 Å². The second kappa shape index (κ2) is 37.8. The van der Waals surface area contributed by atoms with Gasteiger partial charge in [0.1, 0.15) is 42.9 Å². The van der Waals surface area contributed by atoms with Gasteiger partial charge in [-0.1, -0.05) is 30.3 Å². The van der Waals surface area contributed by atoms with E-state index < -0.39 is 134 Å². The Morgan fingerprint density at radius 1 is 0.524 bits per heavy atom. The second-order valence-corrected chi connectivity index (χ2v) is 19.2. The molecule has 1 aliphatic heterocycles. The van der Waals surface area contributed by atoms with Gasteiger partial charge in [0, 0.05) is 77.9 Å². The van der Waals surface area contributed by atoms with E-state index in [1.54, 1.807) is 49.9 Å². The Morgan fingerprint density at radius 2 is 0.988 bits per heavy atom. The Balaban J connectivity index is 1.51. The van der Waals surface area contributed by atoms with Crippen molar-refractivity contribution < 1.29 is 103 Å². The van der Waals surface area contributed by atoms with Gasteiger partial charge in [-0.2, -0.15) is 0 Å². The van der Waals surface area contributed by atoms with E-state index in [1.807, 2.05) is 0 Å². The lowest BCUT2D eigenvalue weighted by Gasteiger charge is -2.32. The summed E-state index contributed by atoms with van der Waals surface area (Å²) >= 11 is 0. The number of aromatic nitrogens is 2. The molecule has 0 saturated carbocycles. The summed E-state index contributed by atoms with van der Waals surface area (Å²) in [6.07, 6.45) is 1.20. The van der Waals surface area contributed by atoms with Crippen molar-refractivity contribution in [2.45, 2.75) is 62.4 Å². The topological polar surface area (TPSA) is 491 Å². The molecule has 6 atom stereocenters. The predicted octanol–water partition coefficient (Wildman–Crippen LogP) is -7.71. The molecule has 7 amide bonds. The minimum absolute atomic E-state index is 0.00206. The van der Waals surface area contributed by atoms with Crippen molar-refractivity contribution in [2.75, 3.05) is 125 Å². The summed E-state index contributed by atoms with van der Waals surface area (Å²) in [6, 6.07) is -1.58. The number of benzene rings is 1. The number of aliphatic hydroxyl groups is 2. The molecule has 84 heavy (non-hydrogen) atoms. The first-order chi connectivity index (χ1) is 40.0. The molecule has 0 spiro atoms. The van der Waals surface area contributed by atoms with Crippen molar-refractivity contribution in [3.05, 3.63) is 54.1 Å². The second-order valence-electron chi connectivity index (χ2n) is 19.2. The van der Waals surface area contributed by atoms with Crippen LogP contribution in [0.1, 0.15) is 24.6 Å². The highest BCUT2D eigenvalue weighted by Crippen LogP contribution is 2.08. The van der Waals surface area contributed by atoms with Crippen LogP contribution < -0.4 is 37.2 Å². The van der Waals surface area contributed by atoms with Crippen LogP contribution in [0, 0.1) is 0 Å². The molecule has 34 heteroatoms. The van der Waals surface area contributed by atoms with E-state index in [1.165, 1.54) is 19.4 Å². The Hall–Kier alpha value is -8.25. The fraction of sp³-hybridized carbons (Fsp3) is 0.580. The van der Waals surface area contributed by atoms with Gasteiger partial charge in [-0.3, -0.25) is 72.3 Å². The number of nitrogens with zero attached hydrogens (tertiary/aromatic N) is 5. The number of aromatic amines is 1. The summed E-state index contributed by atoms with van der Waals surface area (Å²) in [6.45, 7) is -1.07. The maximum Gasteiger partial charge on any atom is 0.328 e. The van der Waals surface area contributed by atoms with E-state index in [2.05, 4.69) is 47.2 Å². The number of H-pyrrole nitrogens is 1. The third-order valence-electron chi connectivity index (χ3n) is 12.5. The first-order valence-electron chi connectivity index (χ1n) is 26.4. The van der Waals surface area contributed by atoms with Gasteiger partial charge in [-0.25, -0.2) is 9.78 Å². The number of hydrogen-bond acceptors (Lipinski definition) is 21. The van der Waals surface area contributed by atoms with Gasteiger partial charge in [0.2, 0.25) is 41.4 Å². The molecule has 0 radical (unpaired) electrons. The highest BCUT2D eigenvalue weighted by Gasteiger charge is 2.34. The smallest absolute Gasteiger partial charge is 0.328 e. The summed E-state index contributed by atoms with van der Waals surface area (Å²) in [5.74, 6) is -13.0. The minimum atomic E-state index is -1.76. The number of amides is 7. The number of carbonyl (C=O) groups is 12. The maximum atomic E-state index is 13.7. The van der Waals surface area contributed by atoms with Gasteiger partial charge in [0.15, 0.2) is 0 Å². The molecule has 2 heterocycles. The maximum absolute atomic E-state index is 13.7. The summed E-state index contributed by atoms with van der Waals surface area (Å²) in [7, 11) is 0. The lowest BCUT2D eigenvalue weighted by atomic mass is 10.0. The number of carboxylic acids is 5. The van der Waals surface area contributed by atoms with Crippen LogP contribution in [0.5, 0.6) is 0 Å². The van der Waals surface area contributed by atoms with E-state index >= 15 is 0 Å². The van der Waals surface area contributed by atoms with Gasteiger partial charge in [0.05, 0.1) is 77.7 Å². The van der Waals surface area contributed by atoms with Crippen LogP contribution >= 0.6 is 0 Å². The number of aliphatic carboxylic acids is 5. The molecule has 1 aromatic heterocycles. The highest BCUT2D eigenvalue weighted by molar-refractivity contribution is 5.97. The fourth-order valence-electron chi connectivity index (χ4n) is 8.06. The summed E-state index contributed by atoms with van der Waals surface area (Å²) in [5.41, 5.74) is 0.748. The normalized spacial score (nSPS) is 16.0. The van der Waals surface area contributed by atoms with E-state index in [-0.39, 0.29) is 123 Å². The number of rotatable bonds is 36. The molecule has 466 valence electrons. The molecule has 15 N–H and O–H groups in total. The number of imidazole rings is 1. The first kappa shape index (κ1) is 70.0. The van der Waals surface area contributed by atoms with E-state index in [9.17, 15) is 93.3 Å². The average Bonchev–Trinajstić information content (AvgIpc) is 4.09. The zero-order chi connectivity index (χ0) is 62.1. The van der Waals surface area contributed by atoms with Gasteiger partial charge in [0.25, 0.3) is 0 Å². The van der Waals surface area contributed by atoms with Crippen molar-refractivity contribution in [1.29, 1.82) is 0 Å². The molecule has 3 rings (SSSR count). The van der Waals surface area contributed by atoms with Crippen molar-refractivity contribution in [2.24, 2.45) is 0 Å². The van der Waals surface area contributed by atoms with Crippen molar-refractivity contribution >= 4 is 71.2 Å². The Labute approximate surface area is 480 Å². The molecule has 0 unspecified atom stereocenters. The molecule has 0 aliphatic carbocycles. The lowest BCUT2D eigenvalue weighted by Crippen LogP contribution is -2.60. The number of carboxylic acid groups (broad SMARTS) is 5. The molecule has 1 fully saturated rings. The summed E-state index contributed by atoms with van der Waals surface area (Å²) in [5, 5.41) is 83.2. The van der Waals surface area contributed by atoms with E-state index in [0.717, 1.165) is 0 Å². The standard InChI is InChI=1S/C50H75N13O21/c1-31(45(76)56-35(20-33-22-51-30-53-33)48(79)58-37(27-64)49(80)57-34(19-32-5-3-2-4-6-32)47(78)59-38(28-65)50(81)82)54-46(77)36(21-41(68)69)55-40(67)29-84-18-17-83-16-7-52-39(66)23-60-8-10-61(24-42(70)71)12-14-63(26-44(74)75)15-13-62(11-9-60)25-43(72)73/h2-6,22,30-31,34-38,64-65H,7-21,23-29H2,1H3,(H,51,53)(H,52,66)(H,54,77)(H,55,67)(H,56,76)(H,57,80)(H,58,79)(H,59,78)(H,68,69)(H,70,71)(H,72,73)(H,74,75)(H,81,82)/t31-,34-,35-,36-,37-,38-/m0/s1. The van der Waals surface area contributed by atoms with Gasteiger partial charge >= 0.3 is 29.8 Å². The van der Waals surface area contributed by atoms with Crippen LogP contribution in [0.3, 0.4) is 0 Å². The van der Waals surface area contributed by atoms with Crippen LogP contribution in [0.2, 0.25) is 0 Å².